The highest BCUT2D eigenvalue weighted by Crippen LogP contribution is 2.13. The minimum Gasteiger partial charge on any atom is -0.359 e. The van der Waals surface area contributed by atoms with Crippen LogP contribution < -0.4 is 10.6 Å². The number of rotatable bonds is 6. The Hall–Kier alpha value is -2.43. The Morgan fingerprint density at radius 2 is 2.00 bits per heavy atom. The summed E-state index contributed by atoms with van der Waals surface area (Å²) in [5.41, 5.74) is 2.01. The number of aryl methyl sites for hydroxylation is 1. The maximum atomic E-state index is 5.33. The molecule has 0 aliphatic rings. The summed E-state index contributed by atoms with van der Waals surface area (Å²) in [6, 6.07) is 5.98. The van der Waals surface area contributed by atoms with Gasteiger partial charge in [0.25, 0.3) is 0 Å². The van der Waals surface area contributed by atoms with E-state index in [1.165, 1.54) is 0 Å². The highest BCUT2D eigenvalue weighted by Gasteiger charge is 2.08. The number of aromatic nitrogens is 4. The zero-order valence-corrected chi connectivity index (χ0v) is 18.8. The summed E-state index contributed by atoms with van der Waals surface area (Å²) < 4.78 is 7.27. The van der Waals surface area contributed by atoms with Crippen LogP contribution in [0.5, 0.6) is 0 Å². The van der Waals surface area contributed by atoms with Crippen molar-refractivity contribution in [2.45, 2.75) is 39.8 Å². The SMILES string of the molecule is CN=C(NCc1ccc(-n2ccnc2C)nc1)NCc1cc(C(C)C)no1.I. The van der Waals surface area contributed by atoms with Gasteiger partial charge in [-0.1, -0.05) is 25.1 Å². The van der Waals surface area contributed by atoms with E-state index in [1.807, 2.05) is 42.1 Å². The number of halogens is 1. The number of pyridine rings is 1. The lowest BCUT2D eigenvalue weighted by atomic mass is 10.1. The summed E-state index contributed by atoms with van der Waals surface area (Å²) in [4.78, 5) is 12.9. The normalized spacial score (nSPS) is 11.4. The zero-order chi connectivity index (χ0) is 19.2. The second-order valence-electron chi connectivity index (χ2n) is 6.52. The molecule has 0 aliphatic carbocycles. The van der Waals surface area contributed by atoms with Crippen LogP contribution in [0.3, 0.4) is 0 Å². The molecular weight excluding hydrogens is 469 g/mol. The van der Waals surface area contributed by atoms with Gasteiger partial charge in [0.2, 0.25) is 0 Å². The lowest BCUT2D eigenvalue weighted by Gasteiger charge is -2.11. The van der Waals surface area contributed by atoms with Gasteiger partial charge in [-0.3, -0.25) is 9.56 Å². The fraction of sp³-hybridized carbons (Fsp3) is 0.368. The summed E-state index contributed by atoms with van der Waals surface area (Å²) in [5, 5.41) is 10.5. The molecule has 0 radical (unpaired) electrons. The van der Waals surface area contributed by atoms with Gasteiger partial charge in [-0.05, 0) is 24.5 Å². The van der Waals surface area contributed by atoms with Crippen molar-refractivity contribution in [2.75, 3.05) is 7.05 Å². The van der Waals surface area contributed by atoms with E-state index in [4.69, 9.17) is 4.52 Å². The van der Waals surface area contributed by atoms with Crippen molar-refractivity contribution in [3.8, 4) is 5.82 Å². The number of guanidine groups is 1. The first-order valence-electron chi connectivity index (χ1n) is 8.92. The van der Waals surface area contributed by atoms with Gasteiger partial charge in [-0.15, -0.1) is 24.0 Å². The summed E-state index contributed by atoms with van der Waals surface area (Å²) >= 11 is 0. The first kappa shape index (κ1) is 21.9. The molecule has 3 rings (SSSR count). The van der Waals surface area contributed by atoms with Crippen LogP contribution in [0.2, 0.25) is 0 Å². The molecular formula is C19H26IN7O. The van der Waals surface area contributed by atoms with Gasteiger partial charge in [-0.2, -0.15) is 0 Å². The summed E-state index contributed by atoms with van der Waals surface area (Å²) in [5.74, 6) is 3.57. The third-order valence-corrected chi connectivity index (χ3v) is 4.16. The predicted molar refractivity (Wildman–Crippen MR) is 119 cm³/mol. The molecule has 2 N–H and O–H groups in total. The standard InChI is InChI=1S/C19H25N7O.HI/c1-13(2)17-9-16(27-25-17)12-24-19(20-4)23-11-15-5-6-18(22-10-15)26-8-7-21-14(26)3;/h5-10,13H,11-12H2,1-4H3,(H2,20,23,24);1H. The van der Waals surface area contributed by atoms with Crippen LogP contribution in [0.25, 0.3) is 5.82 Å². The Morgan fingerprint density at radius 3 is 2.57 bits per heavy atom. The molecule has 0 amide bonds. The lowest BCUT2D eigenvalue weighted by Crippen LogP contribution is -2.36. The largest absolute Gasteiger partial charge is 0.359 e. The molecule has 9 heteroatoms. The molecule has 0 atom stereocenters. The minimum absolute atomic E-state index is 0. The molecule has 3 aromatic heterocycles. The second kappa shape index (κ2) is 10.2. The Morgan fingerprint density at radius 1 is 1.21 bits per heavy atom. The number of aliphatic imine (C=N–C) groups is 1. The average Bonchev–Trinajstić information content (AvgIpc) is 3.31. The number of nitrogens with zero attached hydrogens (tertiary/aromatic N) is 5. The quantitative estimate of drug-likeness (QED) is 0.310. The van der Waals surface area contributed by atoms with Gasteiger partial charge in [0.15, 0.2) is 11.7 Å². The molecule has 0 saturated heterocycles. The Kier molecular flexibility index (Phi) is 7.97. The predicted octanol–water partition coefficient (Wildman–Crippen LogP) is 3.17. The van der Waals surface area contributed by atoms with Crippen LogP contribution in [-0.2, 0) is 13.1 Å². The van der Waals surface area contributed by atoms with E-state index in [0.29, 0.717) is 25.0 Å². The number of nitrogens with one attached hydrogen (secondary N) is 2. The van der Waals surface area contributed by atoms with Crippen LogP contribution in [0.15, 0.2) is 46.3 Å². The molecule has 3 heterocycles. The molecule has 0 fully saturated rings. The Labute approximate surface area is 181 Å². The van der Waals surface area contributed by atoms with Crippen LogP contribution in [-0.4, -0.2) is 32.7 Å². The fourth-order valence-electron chi connectivity index (χ4n) is 2.55. The van der Waals surface area contributed by atoms with E-state index in [1.54, 1.807) is 13.2 Å². The van der Waals surface area contributed by atoms with Crippen LogP contribution >= 0.6 is 24.0 Å². The van der Waals surface area contributed by atoms with Gasteiger partial charge >= 0.3 is 0 Å². The fourth-order valence-corrected chi connectivity index (χ4v) is 2.55. The molecule has 150 valence electrons. The highest BCUT2D eigenvalue weighted by molar-refractivity contribution is 14.0. The van der Waals surface area contributed by atoms with Crippen molar-refractivity contribution >= 4 is 29.9 Å². The third kappa shape index (κ3) is 5.54. The Bertz CT molecular complexity index is 899. The van der Waals surface area contributed by atoms with Crippen molar-refractivity contribution < 1.29 is 4.52 Å². The van der Waals surface area contributed by atoms with Crippen molar-refractivity contribution in [1.29, 1.82) is 0 Å². The van der Waals surface area contributed by atoms with Crippen LogP contribution in [0.4, 0.5) is 0 Å². The van der Waals surface area contributed by atoms with Gasteiger partial charge < -0.3 is 15.2 Å². The number of hydrogen-bond donors (Lipinski definition) is 2. The van der Waals surface area contributed by atoms with Crippen molar-refractivity contribution in [1.82, 2.24) is 30.3 Å². The molecule has 0 unspecified atom stereocenters. The molecule has 0 aliphatic heterocycles. The third-order valence-electron chi connectivity index (χ3n) is 4.16. The summed E-state index contributed by atoms with van der Waals surface area (Å²) in [6.45, 7) is 7.26. The lowest BCUT2D eigenvalue weighted by molar-refractivity contribution is 0.372. The van der Waals surface area contributed by atoms with Gasteiger partial charge in [-0.25, -0.2) is 9.97 Å². The highest BCUT2D eigenvalue weighted by atomic mass is 127. The van der Waals surface area contributed by atoms with E-state index in [9.17, 15) is 0 Å². The number of imidazole rings is 1. The Balaban J connectivity index is 0.00000280. The monoisotopic (exact) mass is 495 g/mol. The van der Waals surface area contributed by atoms with E-state index < -0.39 is 0 Å². The first-order valence-corrected chi connectivity index (χ1v) is 8.92. The molecule has 3 aromatic rings. The molecule has 0 spiro atoms. The maximum absolute atomic E-state index is 5.33. The van der Waals surface area contributed by atoms with E-state index in [0.717, 1.165) is 28.7 Å². The maximum Gasteiger partial charge on any atom is 0.191 e. The summed E-state index contributed by atoms with van der Waals surface area (Å²) in [7, 11) is 1.73. The van der Waals surface area contributed by atoms with Crippen molar-refractivity contribution in [3.63, 3.8) is 0 Å². The van der Waals surface area contributed by atoms with Gasteiger partial charge in [0.05, 0.1) is 12.2 Å². The first-order chi connectivity index (χ1) is 13.1. The van der Waals surface area contributed by atoms with Crippen LogP contribution in [0.1, 0.15) is 42.6 Å². The molecule has 0 bridgehead atoms. The average molecular weight is 495 g/mol. The van der Waals surface area contributed by atoms with E-state index in [-0.39, 0.29) is 24.0 Å². The van der Waals surface area contributed by atoms with E-state index >= 15 is 0 Å². The van der Waals surface area contributed by atoms with Crippen LogP contribution in [0, 0.1) is 6.92 Å². The minimum atomic E-state index is 0. The van der Waals surface area contributed by atoms with Gasteiger partial charge in [0.1, 0.15) is 11.6 Å². The second-order valence-corrected chi connectivity index (χ2v) is 6.52. The van der Waals surface area contributed by atoms with Gasteiger partial charge in [0, 0.05) is 38.2 Å². The van der Waals surface area contributed by atoms with Crippen molar-refractivity contribution in [3.05, 3.63) is 59.6 Å². The topological polar surface area (TPSA) is 93.2 Å². The zero-order valence-electron chi connectivity index (χ0n) is 16.5. The van der Waals surface area contributed by atoms with Crippen molar-refractivity contribution in [2.24, 2.45) is 4.99 Å². The molecule has 8 nitrogen and oxygen atoms in total. The van der Waals surface area contributed by atoms with E-state index in [2.05, 4.69) is 44.6 Å². The summed E-state index contributed by atoms with van der Waals surface area (Å²) in [6.07, 6.45) is 5.51. The number of hydrogen-bond acceptors (Lipinski definition) is 5. The molecule has 0 aromatic carbocycles. The molecule has 0 saturated carbocycles. The smallest absolute Gasteiger partial charge is 0.191 e. The molecule has 28 heavy (non-hydrogen) atoms.